The summed E-state index contributed by atoms with van der Waals surface area (Å²) in [7, 11) is 0. The maximum atomic E-state index is 13.0. The molecule has 4 rings (SSSR count). The largest absolute Gasteiger partial charge is 0.423 e. The number of hydrogen-bond donors (Lipinski definition) is 1. The Morgan fingerprint density at radius 2 is 2.21 bits per heavy atom. The Hall–Kier alpha value is -3.19. The Bertz CT molecular complexity index is 1060. The minimum Gasteiger partial charge on any atom is -0.423 e. The van der Waals surface area contributed by atoms with Gasteiger partial charge in [0, 0.05) is 55.3 Å². The van der Waals surface area contributed by atoms with E-state index in [2.05, 4.69) is 10.3 Å². The fraction of sp³-hybridized carbons (Fsp3) is 0.318. The van der Waals surface area contributed by atoms with E-state index in [-0.39, 0.29) is 12.1 Å². The van der Waals surface area contributed by atoms with Crippen molar-refractivity contribution in [2.24, 2.45) is 0 Å². The van der Waals surface area contributed by atoms with Gasteiger partial charge in [-0.2, -0.15) is 0 Å². The molecular weight excluding hydrogens is 370 g/mol. The fourth-order valence-corrected chi connectivity index (χ4v) is 3.57. The van der Waals surface area contributed by atoms with Crippen molar-refractivity contribution < 1.29 is 13.9 Å². The number of fused-ring (bicyclic) bond motifs is 1. The van der Waals surface area contributed by atoms with Crippen LogP contribution in [0.1, 0.15) is 24.0 Å². The molecule has 1 saturated heterocycles. The SMILES string of the molecule is Cc1cc(=O)oc2cc(NC(=O)N(Cc3cccnc3)C[C@@H]3CCCO3)ccc12. The van der Waals surface area contributed by atoms with Gasteiger partial charge in [-0.05, 0) is 49.1 Å². The number of pyridine rings is 1. The zero-order chi connectivity index (χ0) is 20.2. The van der Waals surface area contributed by atoms with Crippen LogP contribution in [0.2, 0.25) is 0 Å². The topological polar surface area (TPSA) is 84.7 Å². The van der Waals surface area contributed by atoms with Gasteiger partial charge in [0.05, 0.1) is 6.10 Å². The Balaban J connectivity index is 1.54. The first-order valence-corrected chi connectivity index (χ1v) is 9.69. The van der Waals surface area contributed by atoms with Crippen molar-refractivity contribution in [2.75, 3.05) is 18.5 Å². The number of aryl methyl sites for hydroxylation is 1. The predicted molar refractivity (Wildman–Crippen MR) is 110 cm³/mol. The van der Waals surface area contributed by atoms with Gasteiger partial charge in [-0.1, -0.05) is 6.07 Å². The van der Waals surface area contributed by atoms with Crippen molar-refractivity contribution >= 4 is 22.7 Å². The normalized spacial score (nSPS) is 16.1. The number of nitrogens with zero attached hydrogens (tertiary/aromatic N) is 2. The van der Waals surface area contributed by atoms with Crippen molar-refractivity contribution in [1.29, 1.82) is 0 Å². The molecule has 0 aliphatic carbocycles. The molecule has 150 valence electrons. The van der Waals surface area contributed by atoms with Crippen LogP contribution in [0.5, 0.6) is 0 Å². The van der Waals surface area contributed by atoms with Crippen LogP contribution in [-0.4, -0.2) is 35.2 Å². The van der Waals surface area contributed by atoms with Gasteiger partial charge in [0.2, 0.25) is 0 Å². The van der Waals surface area contributed by atoms with E-state index in [4.69, 9.17) is 9.15 Å². The van der Waals surface area contributed by atoms with Crippen LogP contribution in [0.15, 0.2) is 58.0 Å². The zero-order valence-corrected chi connectivity index (χ0v) is 16.3. The molecule has 29 heavy (non-hydrogen) atoms. The molecule has 1 N–H and O–H groups in total. The summed E-state index contributed by atoms with van der Waals surface area (Å²) in [5, 5.41) is 3.76. The van der Waals surface area contributed by atoms with Gasteiger partial charge in [0.15, 0.2) is 0 Å². The Labute approximate surface area is 168 Å². The van der Waals surface area contributed by atoms with Crippen LogP contribution >= 0.6 is 0 Å². The standard InChI is InChI=1S/C22H23N3O4/c1-15-10-21(26)29-20-11-17(6-7-19(15)20)24-22(27)25(14-18-5-3-9-28-18)13-16-4-2-8-23-12-16/h2,4,6-8,10-12,18H,3,5,9,13-14H2,1H3,(H,24,27)/t18-/m0/s1. The third-order valence-electron chi connectivity index (χ3n) is 5.03. The number of amides is 2. The highest BCUT2D eigenvalue weighted by atomic mass is 16.5. The van der Waals surface area contributed by atoms with Crippen molar-refractivity contribution in [1.82, 2.24) is 9.88 Å². The number of carbonyl (C=O) groups is 1. The number of ether oxygens (including phenoxy) is 1. The first-order chi connectivity index (χ1) is 14.1. The lowest BCUT2D eigenvalue weighted by Crippen LogP contribution is -2.39. The number of rotatable bonds is 5. The van der Waals surface area contributed by atoms with Crippen molar-refractivity contribution in [2.45, 2.75) is 32.4 Å². The fourth-order valence-electron chi connectivity index (χ4n) is 3.57. The first kappa shape index (κ1) is 19.1. The molecule has 3 aromatic rings. The second kappa shape index (κ2) is 8.45. The monoisotopic (exact) mass is 393 g/mol. The smallest absolute Gasteiger partial charge is 0.336 e. The van der Waals surface area contributed by atoms with E-state index in [1.165, 1.54) is 6.07 Å². The second-order valence-corrected chi connectivity index (χ2v) is 7.27. The Morgan fingerprint density at radius 1 is 1.31 bits per heavy atom. The highest BCUT2D eigenvalue weighted by Gasteiger charge is 2.23. The lowest BCUT2D eigenvalue weighted by atomic mass is 10.1. The van der Waals surface area contributed by atoms with E-state index in [0.717, 1.165) is 36.0 Å². The van der Waals surface area contributed by atoms with Crippen LogP contribution in [0, 0.1) is 6.92 Å². The van der Waals surface area contributed by atoms with Gasteiger partial charge >= 0.3 is 11.7 Å². The third kappa shape index (κ3) is 4.63. The van der Waals surface area contributed by atoms with E-state index in [1.54, 1.807) is 23.4 Å². The van der Waals surface area contributed by atoms with Crippen LogP contribution < -0.4 is 10.9 Å². The zero-order valence-electron chi connectivity index (χ0n) is 16.3. The van der Waals surface area contributed by atoms with E-state index in [1.807, 2.05) is 31.2 Å². The lowest BCUT2D eigenvalue weighted by molar-refractivity contribution is 0.0819. The van der Waals surface area contributed by atoms with Gasteiger partial charge in [-0.25, -0.2) is 9.59 Å². The number of aromatic nitrogens is 1. The van der Waals surface area contributed by atoms with Crippen molar-refractivity contribution in [3.05, 3.63) is 70.3 Å². The van der Waals surface area contributed by atoms with Gasteiger partial charge < -0.3 is 19.4 Å². The highest BCUT2D eigenvalue weighted by Crippen LogP contribution is 2.22. The first-order valence-electron chi connectivity index (χ1n) is 9.69. The molecule has 0 unspecified atom stereocenters. The van der Waals surface area contributed by atoms with E-state index < -0.39 is 5.63 Å². The van der Waals surface area contributed by atoms with Crippen LogP contribution in [0.4, 0.5) is 10.5 Å². The number of anilines is 1. The summed E-state index contributed by atoms with van der Waals surface area (Å²) in [6.45, 7) is 3.52. The summed E-state index contributed by atoms with van der Waals surface area (Å²) in [6.07, 6.45) is 5.45. The molecule has 3 heterocycles. The highest BCUT2D eigenvalue weighted by molar-refractivity contribution is 5.92. The number of urea groups is 1. The molecule has 7 heteroatoms. The second-order valence-electron chi connectivity index (χ2n) is 7.27. The van der Waals surface area contributed by atoms with Crippen molar-refractivity contribution in [3.63, 3.8) is 0 Å². The predicted octanol–water partition coefficient (Wildman–Crippen LogP) is 3.71. The molecule has 2 aromatic heterocycles. The summed E-state index contributed by atoms with van der Waals surface area (Å²) < 4.78 is 11.0. The number of carbonyl (C=O) groups excluding carboxylic acids is 1. The molecule has 1 fully saturated rings. The molecule has 1 aromatic carbocycles. The third-order valence-corrected chi connectivity index (χ3v) is 5.03. The Morgan fingerprint density at radius 3 is 2.97 bits per heavy atom. The molecular formula is C22H23N3O4. The number of nitrogens with one attached hydrogen (secondary N) is 1. The molecule has 0 radical (unpaired) electrons. The maximum Gasteiger partial charge on any atom is 0.336 e. The van der Waals surface area contributed by atoms with Gasteiger partial charge in [-0.15, -0.1) is 0 Å². The summed E-state index contributed by atoms with van der Waals surface area (Å²) in [5.74, 6) is 0. The molecule has 1 aliphatic heterocycles. The lowest BCUT2D eigenvalue weighted by Gasteiger charge is -2.26. The summed E-state index contributed by atoms with van der Waals surface area (Å²) in [5.41, 5.74) is 2.40. The molecule has 2 amide bonds. The molecule has 1 atom stereocenters. The molecule has 1 aliphatic rings. The summed E-state index contributed by atoms with van der Waals surface area (Å²) in [6, 6.07) is 10.3. The number of hydrogen-bond acceptors (Lipinski definition) is 5. The minimum atomic E-state index is -0.407. The maximum absolute atomic E-state index is 13.0. The van der Waals surface area contributed by atoms with Crippen LogP contribution in [0.25, 0.3) is 11.0 Å². The van der Waals surface area contributed by atoms with E-state index in [9.17, 15) is 9.59 Å². The molecule has 0 saturated carbocycles. The van der Waals surface area contributed by atoms with Crippen LogP contribution in [-0.2, 0) is 11.3 Å². The van der Waals surface area contributed by atoms with E-state index in [0.29, 0.717) is 24.4 Å². The minimum absolute atomic E-state index is 0.0368. The molecule has 0 bridgehead atoms. The quantitative estimate of drug-likeness (QED) is 0.668. The summed E-state index contributed by atoms with van der Waals surface area (Å²) >= 11 is 0. The van der Waals surface area contributed by atoms with Gasteiger partial charge in [0.25, 0.3) is 0 Å². The molecule has 7 nitrogen and oxygen atoms in total. The average molecular weight is 393 g/mol. The average Bonchev–Trinajstić information content (AvgIpc) is 3.21. The van der Waals surface area contributed by atoms with Gasteiger partial charge in [0.1, 0.15) is 5.58 Å². The number of benzene rings is 1. The molecule has 0 spiro atoms. The van der Waals surface area contributed by atoms with Crippen molar-refractivity contribution in [3.8, 4) is 0 Å². The Kier molecular flexibility index (Phi) is 5.57. The van der Waals surface area contributed by atoms with E-state index >= 15 is 0 Å². The van der Waals surface area contributed by atoms with Crippen LogP contribution in [0.3, 0.4) is 0 Å². The summed E-state index contributed by atoms with van der Waals surface area (Å²) in [4.78, 5) is 30.5. The van der Waals surface area contributed by atoms with Gasteiger partial charge in [-0.3, -0.25) is 4.98 Å².